The van der Waals surface area contributed by atoms with Crippen LogP contribution in [0.4, 0.5) is 0 Å². The normalized spacial score (nSPS) is 14.8. The number of nitrogens with one attached hydrogen (secondary N) is 1. The van der Waals surface area contributed by atoms with E-state index >= 15 is 0 Å². The average Bonchev–Trinajstić information content (AvgIpc) is 2.37. The molecule has 2 unspecified atom stereocenters. The summed E-state index contributed by atoms with van der Waals surface area (Å²) in [6.07, 6.45) is 0. The largest absolute Gasteiger partial charge is 3.00 e. The minimum absolute atomic E-state index is 0. The quantitative estimate of drug-likeness (QED) is 0.788. The maximum atomic E-state index is 12.3. The van der Waals surface area contributed by atoms with Gasteiger partial charge in [-0.1, -0.05) is 27.7 Å². The van der Waals surface area contributed by atoms with E-state index in [9.17, 15) is 14.7 Å². The molecule has 2 atom stereocenters. The van der Waals surface area contributed by atoms with Gasteiger partial charge in [-0.05, 0) is 12.8 Å². The van der Waals surface area contributed by atoms with E-state index in [2.05, 4.69) is 11.4 Å². The summed E-state index contributed by atoms with van der Waals surface area (Å²) in [7, 11) is 0. The van der Waals surface area contributed by atoms with Crippen LogP contribution in [0.15, 0.2) is 18.2 Å². The van der Waals surface area contributed by atoms with Crippen molar-refractivity contribution in [3.63, 3.8) is 0 Å². The molecule has 0 bridgehead atoms. The summed E-state index contributed by atoms with van der Waals surface area (Å²) >= 11 is 0. The van der Waals surface area contributed by atoms with E-state index in [1.54, 1.807) is 26.8 Å². The van der Waals surface area contributed by atoms with Crippen molar-refractivity contribution < 1.29 is 47.4 Å². The molecule has 0 saturated heterocycles. The molecule has 4 nitrogen and oxygen atoms in total. The molecule has 0 aliphatic rings. The minimum atomic E-state index is -1.27. The molecule has 1 rings (SSSR count). The smallest absolute Gasteiger partial charge is 0.480 e. The zero-order valence-corrected chi connectivity index (χ0v) is 16.1. The molecule has 1 aromatic rings. The van der Waals surface area contributed by atoms with Gasteiger partial charge in [0.15, 0.2) is 0 Å². The number of hydrogen-bond donors (Lipinski definition) is 2. The summed E-state index contributed by atoms with van der Waals surface area (Å²) in [6, 6.07) is 8.58. The molecular formula is C16H22NO3Y+2. The van der Waals surface area contributed by atoms with Gasteiger partial charge in [-0.3, -0.25) is 4.79 Å². The van der Waals surface area contributed by atoms with Crippen molar-refractivity contribution in [1.29, 1.82) is 0 Å². The van der Waals surface area contributed by atoms with Gasteiger partial charge in [-0.2, -0.15) is 29.8 Å². The standard InChI is InChI=1S/C16H22NO3.Y/c1-10(2)16(5,15(19)20)17-14(18)12(4)13-9-7-6-8-11(13)3;/h6-8,10,12H,1-5H3,(H,17,18)(H,19,20);/q-1;+3. The van der Waals surface area contributed by atoms with E-state index in [1.807, 2.05) is 19.1 Å². The first-order valence-electron chi connectivity index (χ1n) is 6.72. The van der Waals surface area contributed by atoms with Gasteiger partial charge >= 0.3 is 38.7 Å². The molecule has 2 N–H and O–H groups in total. The number of amides is 1. The van der Waals surface area contributed by atoms with Crippen LogP contribution in [0.2, 0.25) is 0 Å². The van der Waals surface area contributed by atoms with E-state index in [-0.39, 0.29) is 44.5 Å². The first-order valence-corrected chi connectivity index (χ1v) is 6.72. The summed E-state index contributed by atoms with van der Waals surface area (Å²) in [4.78, 5) is 23.7. The van der Waals surface area contributed by atoms with E-state index in [4.69, 9.17) is 0 Å². The molecule has 1 amide bonds. The van der Waals surface area contributed by atoms with Gasteiger partial charge in [-0.15, -0.1) is 5.56 Å². The Hall–Kier alpha value is -0.736. The Bertz CT molecular complexity index is 516. The summed E-state index contributed by atoms with van der Waals surface area (Å²) in [5, 5.41) is 12.0. The van der Waals surface area contributed by atoms with Crippen LogP contribution >= 0.6 is 0 Å². The van der Waals surface area contributed by atoms with Crippen molar-refractivity contribution in [3.8, 4) is 0 Å². The van der Waals surface area contributed by atoms with Crippen LogP contribution in [0.5, 0.6) is 0 Å². The van der Waals surface area contributed by atoms with Crippen LogP contribution < -0.4 is 5.32 Å². The second-order valence-electron chi connectivity index (χ2n) is 5.64. The van der Waals surface area contributed by atoms with Gasteiger partial charge < -0.3 is 10.4 Å². The third kappa shape index (κ3) is 4.62. The topological polar surface area (TPSA) is 66.4 Å². The van der Waals surface area contributed by atoms with E-state index < -0.39 is 17.4 Å². The molecule has 5 heteroatoms. The number of carboxylic acids is 1. The molecule has 1 aromatic carbocycles. The number of carbonyl (C=O) groups is 2. The van der Waals surface area contributed by atoms with E-state index in [1.165, 1.54) is 6.92 Å². The average molecular weight is 365 g/mol. The van der Waals surface area contributed by atoms with Crippen LogP contribution in [0.25, 0.3) is 0 Å². The fourth-order valence-corrected chi connectivity index (χ4v) is 1.94. The van der Waals surface area contributed by atoms with Crippen LogP contribution in [0.1, 0.15) is 44.7 Å². The molecule has 0 heterocycles. The van der Waals surface area contributed by atoms with E-state index in [0.29, 0.717) is 0 Å². The van der Waals surface area contributed by atoms with Crippen molar-refractivity contribution in [2.45, 2.75) is 46.1 Å². The zero-order chi connectivity index (χ0) is 15.5. The first-order chi connectivity index (χ1) is 9.20. The molecule has 0 fully saturated rings. The molecule has 0 aliphatic heterocycles. The Labute approximate surface area is 151 Å². The van der Waals surface area contributed by atoms with Gasteiger partial charge in [0.05, 0.1) is 0 Å². The van der Waals surface area contributed by atoms with Gasteiger partial charge in [0.1, 0.15) is 5.54 Å². The predicted octanol–water partition coefficient (Wildman–Crippen LogP) is 2.51. The number of aryl methyl sites for hydroxylation is 1. The van der Waals surface area contributed by atoms with Gasteiger partial charge in [0.25, 0.3) is 0 Å². The monoisotopic (exact) mass is 365 g/mol. The predicted molar refractivity (Wildman–Crippen MR) is 77.5 cm³/mol. The summed E-state index contributed by atoms with van der Waals surface area (Å²) in [5.74, 6) is -1.97. The number of carboxylic acid groups (broad SMARTS) is 1. The number of hydrogen-bond acceptors (Lipinski definition) is 2. The Balaban J connectivity index is 0.00000400. The SMILES string of the molecule is Cc1ccc[c-]c1C(C)C(=O)NC(C)(C(=O)O)C(C)C.[Y+3]. The number of benzene rings is 1. The van der Waals surface area contributed by atoms with Gasteiger partial charge in [0.2, 0.25) is 5.91 Å². The molecule has 0 radical (unpaired) electrons. The van der Waals surface area contributed by atoms with Crippen molar-refractivity contribution in [2.24, 2.45) is 5.92 Å². The van der Waals surface area contributed by atoms with Gasteiger partial charge in [0, 0.05) is 5.92 Å². The Morgan fingerprint density at radius 1 is 1.33 bits per heavy atom. The second kappa shape index (κ2) is 8.04. The number of carbonyl (C=O) groups excluding carboxylic acids is 1. The molecule has 0 aliphatic carbocycles. The van der Waals surface area contributed by atoms with Crippen molar-refractivity contribution in [2.75, 3.05) is 0 Å². The fourth-order valence-electron chi connectivity index (χ4n) is 1.94. The van der Waals surface area contributed by atoms with Crippen LogP contribution in [-0.2, 0) is 42.3 Å². The summed E-state index contributed by atoms with van der Waals surface area (Å²) in [6.45, 7) is 8.76. The molecule has 110 valence electrons. The summed E-state index contributed by atoms with van der Waals surface area (Å²) in [5.41, 5.74) is 0.492. The second-order valence-corrected chi connectivity index (χ2v) is 5.64. The number of rotatable bonds is 5. The molecule has 21 heavy (non-hydrogen) atoms. The van der Waals surface area contributed by atoms with E-state index in [0.717, 1.165) is 11.1 Å². The third-order valence-corrected chi connectivity index (χ3v) is 3.91. The maximum Gasteiger partial charge on any atom is 3.00 e. The van der Waals surface area contributed by atoms with Crippen LogP contribution in [0, 0.1) is 18.9 Å². The van der Waals surface area contributed by atoms with Crippen molar-refractivity contribution in [3.05, 3.63) is 35.4 Å². The van der Waals surface area contributed by atoms with Crippen molar-refractivity contribution in [1.82, 2.24) is 5.32 Å². The Morgan fingerprint density at radius 2 is 1.90 bits per heavy atom. The third-order valence-electron chi connectivity index (χ3n) is 3.91. The molecule has 0 aromatic heterocycles. The fraction of sp³-hybridized carbons (Fsp3) is 0.500. The molecule has 0 spiro atoms. The van der Waals surface area contributed by atoms with Crippen LogP contribution in [0.3, 0.4) is 0 Å². The van der Waals surface area contributed by atoms with Gasteiger partial charge in [-0.25, -0.2) is 4.79 Å². The minimum Gasteiger partial charge on any atom is -0.480 e. The Morgan fingerprint density at radius 3 is 2.33 bits per heavy atom. The van der Waals surface area contributed by atoms with Crippen molar-refractivity contribution >= 4 is 11.9 Å². The number of aliphatic carboxylic acids is 1. The maximum absolute atomic E-state index is 12.3. The Kier molecular flexibility index (Phi) is 7.76. The summed E-state index contributed by atoms with van der Waals surface area (Å²) < 4.78 is 0. The molecule has 0 saturated carbocycles. The molecular weight excluding hydrogens is 343 g/mol. The zero-order valence-electron chi connectivity index (χ0n) is 13.2. The van der Waals surface area contributed by atoms with Crippen LogP contribution in [-0.4, -0.2) is 22.5 Å². The first kappa shape index (κ1) is 20.3.